The zero-order valence-electron chi connectivity index (χ0n) is 16.4. The predicted molar refractivity (Wildman–Crippen MR) is 118 cm³/mol. The van der Waals surface area contributed by atoms with Crippen LogP contribution in [0.25, 0.3) is 0 Å². The van der Waals surface area contributed by atoms with Gasteiger partial charge in [-0.15, -0.1) is 0 Å². The molecular weight excluding hydrogens is 404 g/mol. The van der Waals surface area contributed by atoms with Crippen LogP contribution in [-0.4, -0.2) is 29.8 Å². The number of rotatable bonds is 4. The Morgan fingerprint density at radius 2 is 1.45 bits per heavy atom. The van der Waals surface area contributed by atoms with E-state index >= 15 is 0 Å². The van der Waals surface area contributed by atoms with Gasteiger partial charge in [0.15, 0.2) is 0 Å². The number of amides is 2. The van der Waals surface area contributed by atoms with Gasteiger partial charge >= 0.3 is 0 Å². The SMILES string of the molecule is Cc1ccc(N2C(=O)C(Sc3ccc(Cl)cc3)=C(N3CCCCCC3)C2=O)cc1. The van der Waals surface area contributed by atoms with Gasteiger partial charge in [-0.3, -0.25) is 9.59 Å². The van der Waals surface area contributed by atoms with E-state index in [1.165, 1.54) is 16.7 Å². The van der Waals surface area contributed by atoms with E-state index in [0.29, 0.717) is 21.3 Å². The van der Waals surface area contributed by atoms with Crippen molar-refractivity contribution in [3.05, 3.63) is 69.7 Å². The summed E-state index contributed by atoms with van der Waals surface area (Å²) in [5.41, 5.74) is 2.24. The number of nitrogens with zero attached hydrogens (tertiary/aromatic N) is 2. The van der Waals surface area contributed by atoms with Gasteiger partial charge in [0.1, 0.15) is 10.6 Å². The molecule has 0 atom stereocenters. The van der Waals surface area contributed by atoms with E-state index in [1.54, 1.807) is 12.1 Å². The Bertz CT molecular complexity index is 946. The first-order valence-electron chi connectivity index (χ1n) is 9.93. The van der Waals surface area contributed by atoms with Crippen LogP contribution in [0.2, 0.25) is 5.02 Å². The number of anilines is 1. The summed E-state index contributed by atoms with van der Waals surface area (Å²) in [7, 11) is 0. The highest BCUT2D eigenvalue weighted by molar-refractivity contribution is 8.04. The van der Waals surface area contributed by atoms with Gasteiger partial charge < -0.3 is 4.90 Å². The summed E-state index contributed by atoms with van der Waals surface area (Å²) in [5.74, 6) is -0.477. The average Bonchev–Trinajstić information content (AvgIpc) is 2.89. The van der Waals surface area contributed by atoms with Gasteiger partial charge in [-0.25, -0.2) is 4.90 Å². The molecule has 2 aromatic carbocycles. The minimum atomic E-state index is -0.252. The molecule has 0 saturated carbocycles. The van der Waals surface area contributed by atoms with Crippen molar-refractivity contribution in [1.82, 2.24) is 4.90 Å². The zero-order valence-corrected chi connectivity index (χ0v) is 17.9. The first-order valence-corrected chi connectivity index (χ1v) is 11.1. The first kappa shape index (κ1) is 20.0. The highest BCUT2D eigenvalue weighted by atomic mass is 35.5. The molecule has 0 N–H and O–H groups in total. The third-order valence-electron chi connectivity index (χ3n) is 5.27. The van der Waals surface area contributed by atoms with Crippen molar-refractivity contribution in [2.24, 2.45) is 0 Å². The van der Waals surface area contributed by atoms with Gasteiger partial charge in [-0.1, -0.05) is 53.9 Å². The highest BCUT2D eigenvalue weighted by Crippen LogP contribution is 2.39. The van der Waals surface area contributed by atoms with Crippen molar-refractivity contribution >= 4 is 40.9 Å². The van der Waals surface area contributed by atoms with Crippen molar-refractivity contribution in [2.75, 3.05) is 18.0 Å². The van der Waals surface area contributed by atoms with E-state index in [4.69, 9.17) is 11.6 Å². The number of aryl methyl sites for hydroxylation is 1. The van der Waals surface area contributed by atoms with Gasteiger partial charge in [-0.05, 0) is 56.2 Å². The quantitative estimate of drug-likeness (QED) is 0.613. The number of carbonyl (C=O) groups excluding carboxylic acids is 2. The van der Waals surface area contributed by atoms with Gasteiger partial charge in [0, 0.05) is 23.0 Å². The molecule has 2 aliphatic heterocycles. The molecule has 0 unspecified atom stereocenters. The summed E-state index contributed by atoms with van der Waals surface area (Å²) < 4.78 is 0. The van der Waals surface area contributed by atoms with Crippen molar-refractivity contribution in [3.8, 4) is 0 Å². The molecule has 2 aliphatic rings. The molecule has 1 fully saturated rings. The van der Waals surface area contributed by atoms with Gasteiger partial charge in [0.05, 0.1) is 5.69 Å². The van der Waals surface area contributed by atoms with Gasteiger partial charge in [0.25, 0.3) is 11.8 Å². The van der Waals surface area contributed by atoms with Crippen LogP contribution in [0.4, 0.5) is 5.69 Å². The first-order chi connectivity index (χ1) is 14.0. The lowest BCUT2D eigenvalue weighted by atomic mass is 10.2. The summed E-state index contributed by atoms with van der Waals surface area (Å²) in [6, 6.07) is 14.9. The summed E-state index contributed by atoms with van der Waals surface area (Å²) >= 11 is 7.36. The summed E-state index contributed by atoms with van der Waals surface area (Å²) in [6.45, 7) is 3.60. The summed E-state index contributed by atoms with van der Waals surface area (Å²) in [5, 5.41) is 0.645. The fourth-order valence-electron chi connectivity index (χ4n) is 3.71. The smallest absolute Gasteiger partial charge is 0.283 e. The van der Waals surface area contributed by atoms with Crippen molar-refractivity contribution in [3.63, 3.8) is 0 Å². The minimum Gasteiger partial charge on any atom is -0.366 e. The number of likely N-dealkylation sites (tertiary alicyclic amines) is 1. The molecule has 0 spiro atoms. The van der Waals surface area contributed by atoms with Gasteiger partial charge in [-0.2, -0.15) is 0 Å². The Hall–Kier alpha value is -2.24. The third kappa shape index (κ3) is 4.21. The molecule has 6 heteroatoms. The molecule has 2 amide bonds. The van der Waals surface area contributed by atoms with E-state index in [2.05, 4.69) is 4.90 Å². The summed E-state index contributed by atoms with van der Waals surface area (Å²) in [4.78, 5) is 31.6. The fourth-order valence-corrected chi connectivity index (χ4v) is 4.84. The van der Waals surface area contributed by atoms with E-state index in [1.807, 2.05) is 43.3 Å². The normalized spacial score (nSPS) is 17.9. The van der Waals surface area contributed by atoms with Crippen LogP contribution in [0.3, 0.4) is 0 Å². The number of carbonyl (C=O) groups is 2. The number of benzene rings is 2. The second kappa shape index (κ2) is 8.64. The number of imide groups is 1. The Balaban J connectivity index is 1.73. The molecular formula is C23H23ClN2O2S. The second-order valence-corrected chi connectivity index (χ2v) is 8.94. The Kier molecular flexibility index (Phi) is 5.97. The molecule has 1 saturated heterocycles. The zero-order chi connectivity index (χ0) is 20.4. The largest absolute Gasteiger partial charge is 0.366 e. The molecule has 0 radical (unpaired) electrons. The topological polar surface area (TPSA) is 40.6 Å². The lowest BCUT2D eigenvalue weighted by molar-refractivity contribution is -0.121. The van der Waals surface area contributed by atoms with Crippen molar-refractivity contribution in [2.45, 2.75) is 37.5 Å². The second-order valence-electron chi connectivity index (χ2n) is 7.42. The van der Waals surface area contributed by atoms with Crippen molar-refractivity contribution in [1.29, 1.82) is 0 Å². The van der Waals surface area contributed by atoms with E-state index in [0.717, 1.165) is 49.2 Å². The van der Waals surface area contributed by atoms with Crippen LogP contribution in [0.1, 0.15) is 31.2 Å². The Morgan fingerprint density at radius 1 is 0.828 bits per heavy atom. The van der Waals surface area contributed by atoms with Crippen LogP contribution in [0, 0.1) is 6.92 Å². The van der Waals surface area contributed by atoms with Crippen LogP contribution in [0.5, 0.6) is 0 Å². The summed E-state index contributed by atoms with van der Waals surface area (Å²) in [6.07, 6.45) is 4.39. The third-order valence-corrected chi connectivity index (χ3v) is 6.60. The number of hydrogen-bond acceptors (Lipinski definition) is 4. The molecule has 2 heterocycles. The van der Waals surface area contributed by atoms with Crippen LogP contribution in [-0.2, 0) is 9.59 Å². The van der Waals surface area contributed by atoms with Crippen LogP contribution < -0.4 is 4.90 Å². The maximum absolute atomic E-state index is 13.4. The Morgan fingerprint density at radius 3 is 2.07 bits per heavy atom. The van der Waals surface area contributed by atoms with Crippen molar-refractivity contribution < 1.29 is 9.59 Å². The predicted octanol–water partition coefficient (Wildman–Crippen LogP) is 5.40. The number of hydrogen-bond donors (Lipinski definition) is 0. The van der Waals surface area contributed by atoms with Gasteiger partial charge in [0.2, 0.25) is 0 Å². The highest BCUT2D eigenvalue weighted by Gasteiger charge is 2.42. The standard InChI is InChI=1S/C23H23ClN2O2S/c1-16-6-10-18(11-7-16)26-22(27)20(25-14-4-2-3-5-15-25)21(23(26)28)29-19-12-8-17(24)9-13-19/h6-13H,2-5,14-15H2,1H3. The maximum Gasteiger partial charge on any atom is 0.283 e. The molecule has 2 aromatic rings. The van der Waals surface area contributed by atoms with E-state index < -0.39 is 0 Å². The molecule has 0 aliphatic carbocycles. The molecule has 0 aromatic heterocycles. The molecule has 4 rings (SSSR count). The minimum absolute atomic E-state index is 0.225. The molecule has 4 nitrogen and oxygen atoms in total. The van der Waals surface area contributed by atoms with Crippen LogP contribution in [0.15, 0.2) is 64.0 Å². The Labute approximate surface area is 180 Å². The lowest BCUT2D eigenvalue weighted by Gasteiger charge is -2.24. The van der Waals surface area contributed by atoms with E-state index in [-0.39, 0.29) is 11.8 Å². The molecule has 29 heavy (non-hydrogen) atoms. The van der Waals surface area contributed by atoms with Crippen LogP contribution >= 0.6 is 23.4 Å². The molecule has 150 valence electrons. The lowest BCUT2D eigenvalue weighted by Crippen LogP contribution is -2.35. The average molecular weight is 427 g/mol. The maximum atomic E-state index is 13.4. The number of halogens is 1. The fraction of sp³-hybridized carbons (Fsp3) is 0.304. The number of thioether (sulfide) groups is 1. The van der Waals surface area contributed by atoms with E-state index in [9.17, 15) is 9.59 Å². The molecule has 0 bridgehead atoms. The monoisotopic (exact) mass is 426 g/mol.